The Morgan fingerprint density at radius 3 is 2.63 bits per heavy atom. The Labute approximate surface area is 153 Å². The fourth-order valence-corrected chi connectivity index (χ4v) is 2.39. The molecule has 1 amide bonds. The SMILES string of the molecule is C=C[C@@](O)(CC(=[N-])c1cc(F)cc(F)c1)C(=O)N[C@@H]1C=C(C(=O)OC)OC1. The third-order valence-corrected chi connectivity index (χ3v) is 3.84. The summed E-state index contributed by atoms with van der Waals surface area (Å²) in [6.07, 6.45) is 1.51. The van der Waals surface area contributed by atoms with Crippen molar-refractivity contribution < 1.29 is 33.0 Å². The molecule has 0 radical (unpaired) electrons. The van der Waals surface area contributed by atoms with Gasteiger partial charge in [0.15, 0.2) is 5.60 Å². The molecule has 0 unspecified atom stereocenters. The molecule has 27 heavy (non-hydrogen) atoms. The summed E-state index contributed by atoms with van der Waals surface area (Å²) >= 11 is 0. The summed E-state index contributed by atoms with van der Waals surface area (Å²) in [5, 5.41) is 23.0. The highest BCUT2D eigenvalue weighted by atomic mass is 19.1. The second kappa shape index (κ2) is 8.09. The Morgan fingerprint density at radius 2 is 2.07 bits per heavy atom. The summed E-state index contributed by atoms with van der Waals surface area (Å²) in [5.41, 5.74) is -3.11. The van der Waals surface area contributed by atoms with Gasteiger partial charge in [-0.05, 0) is 30.2 Å². The smallest absolute Gasteiger partial charge is 0.373 e. The van der Waals surface area contributed by atoms with Gasteiger partial charge in [-0.3, -0.25) is 4.79 Å². The number of rotatable bonds is 7. The molecular formula is C18H17F2N2O5-. The number of nitrogens with one attached hydrogen (secondary N) is 1. The lowest BCUT2D eigenvalue weighted by molar-refractivity contribution is -0.139. The van der Waals surface area contributed by atoms with E-state index >= 15 is 0 Å². The molecule has 7 nitrogen and oxygen atoms in total. The number of halogens is 2. The molecule has 2 rings (SSSR count). The lowest BCUT2D eigenvalue weighted by atomic mass is 9.92. The fraction of sp³-hybridized carbons (Fsp3) is 0.278. The van der Waals surface area contributed by atoms with Gasteiger partial charge < -0.3 is 25.3 Å². The minimum absolute atomic E-state index is 0.0613. The van der Waals surface area contributed by atoms with Gasteiger partial charge in [0.25, 0.3) is 5.91 Å². The van der Waals surface area contributed by atoms with Gasteiger partial charge in [0.1, 0.15) is 18.2 Å². The highest BCUT2D eigenvalue weighted by Crippen LogP contribution is 2.20. The predicted molar refractivity (Wildman–Crippen MR) is 91.6 cm³/mol. The molecule has 0 spiro atoms. The molecule has 1 aromatic carbocycles. The number of hydrogen-bond donors (Lipinski definition) is 2. The molecule has 2 atom stereocenters. The molecule has 1 aromatic rings. The van der Waals surface area contributed by atoms with Crippen LogP contribution in [-0.4, -0.2) is 48.1 Å². The maximum Gasteiger partial charge on any atom is 0.373 e. The molecule has 0 aliphatic carbocycles. The van der Waals surface area contributed by atoms with E-state index in [0.717, 1.165) is 18.2 Å². The summed E-state index contributed by atoms with van der Waals surface area (Å²) in [5.74, 6) is -3.60. The molecule has 1 aliphatic heterocycles. The number of carbonyl (C=O) groups is 2. The van der Waals surface area contributed by atoms with E-state index in [2.05, 4.69) is 16.6 Å². The molecule has 0 saturated carbocycles. The summed E-state index contributed by atoms with van der Waals surface area (Å²) in [4.78, 5) is 23.8. The number of nitrogens with zero attached hydrogens (tertiary/aromatic N) is 1. The van der Waals surface area contributed by atoms with E-state index in [1.807, 2.05) is 0 Å². The molecule has 0 fully saturated rings. The first-order valence-electron chi connectivity index (χ1n) is 7.79. The van der Waals surface area contributed by atoms with E-state index in [0.29, 0.717) is 6.07 Å². The highest BCUT2D eigenvalue weighted by molar-refractivity contribution is 6.06. The van der Waals surface area contributed by atoms with Gasteiger partial charge in [-0.1, -0.05) is 12.7 Å². The van der Waals surface area contributed by atoms with Crippen LogP contribution in [0.1, 0.15) is 12.0 Å². The molecule has 0 bridgehead atoms. The van der Waals surface area contributed by atoms with E-state index in [-0.39, 0.29) is 17.9 Å². The maximum absolute atomic E-state index is 13.3. The molecule has 9 heteroatoms. The van der Waals surface area contributed by atoms with Crippen LogP contribution in [0.25, 0.3) is 5.41 Å². The van der Waals surface area contributed by atoms with Crippen molar-refractivity contribution in [1.82, 2.24) is 5.32 Å². The average Bonchev–Trinajstić information content (AvgIpc) is 3.08. The number of esters is 1. The van der Waals surface area contributed by atoms with Crippen LogP contribution >= 0.6 is 0 Å². The number of carbonyl (C=O) groups excluding carboxylic acids is 2. The minimum Gasteiger partial charge on any atom is -0.807 e. The summed E-state index contributed by atoms with van der Waals surface area (Å²) in [7, 11) is 1.17. The topological polar surface area (TPSA) is 107 Å². The summed E-state index contributed by atoms with van der Waals surface area (Å²) in [6.45, 7) is 3.30. The van der Waals surface area contributed by atoms with Crippen molar-refractivity contribution in [3.63, 3.8) is 0 Å². The third kappa shape index (κ3) is 4.76. The zero-order valence-electron chi connectivity index (χ0n) is 14.4. The van der Waals surface area contributed by atoms with Crippen molar-refractivity contribution in [2.24, 2.45) is 0 Å². The molecule has 144 valence electrons. The van der Waals surface area contributed by atoms with Crippen molar-refractivity contribution in [3.05, 3.63) is 65.3 Å². The van der Waals surface area contributed by atoms with Crippen LogP contribution in [-0.2, 0) is 19.1 Å². The number of amides is 1. The van der Waals surface area contributed by atoms with Crippen LogP contribution in [0.3, 0.4) is 0 Å². The third-order valence-electron chi connectivity index (χ3n) is 3.84. The first-order valence-corrected chi connectivity index (χ1v) is 7.79. The lowest BCUT2D eigenvalue weighted by Crippen LogP contribution is -2.50. The van der Waals surface area contributed by atoms with Crippen LogP contribution in [0.4, 0.5) is 8.78 Å². The van der Waals surface area contributed by atoms with Crippen LogP contribution in [0.2, 0.25) is 0 Å². The van der Waals surface area contributed by atoms with E-state index in [4.69, 9.17) is 4.74 Å². The molecule has 2 N–H and O–H groups in total. The molecule has 0 saturated heterocycles. The van der Waals surface area contributed by atoms with Crippen molar-refractivity contribution in [3.8, 4) is 0 Å². The fourth-order valence-electron chi connectivity index (χ4n) is 2.39. The monoisotopic (exact) mass is 379 g/mol. The van der Waals surface area contributed by atoms with Gasteiger partial charge in [-0.15, -0.1) is 0 Å². The summed E-state index contributed by atoms with van der Waals surface area (Å²) in [6, 6.07) is 1.60. The number of ether oxygens (including phenoxy) is 2. The van der Waals surface area contributed by atoms with Crippen molar-refractivity contribution in [2.45, 2.75) is 18.1 Å². The zero-order valence-corrected chi connectivity index (χ0v) is 14.4. The lowest BCUT2D eigenvalue weighted by Gasteiger charge is -2.28. The van der Waals surface area contributed by atoms with Crippen molar-refractivity contribution in [2.75, 3.05) is 13.7 Å². The van der Waals surface area contributed by atoms with Gasteiger partial charge in [0.2, 0.25) is 5.76 Å². The van der Waals surface area contributed by atoms with Gasteiger partial charge in [0, 0.05) is 6.07 Å². The molecule has 0 aromatic heterocycles. The minimum atomic E-state index is -2.27. The maximum atomic E-state index is 13.3. The first kappa shape index (κ1) is 20.2. The second-order valence-corrected chi connectivity index (χ2v) is 5.82. The quantitative estimate of drug-likeness (QED) is 0.421. The number of hydrogen-bond acceptors (Lipinski definition) is 5. The Bertz CT molecular complexity index is 804. The van der Waals surface area contributed by atoms with Gasteiger partial charge in [-0.2, -0.15) is 5.71 Å². The number of benzene rings is 1. The normalized spacial score (nSPS) is 17.9. The van der Waals surface area contributed by atoms with Crippen LogP contribution in [0.15, 0.2) is 42.7 Å². The van der Waals surface area contributed by atoms with Crippen molar-refractivity contribution >= 4 is 17.6 Å². The predicted octanol–water partition coefficient (Wildman–Crippen LogP) is 1.20. The Kier molecular flexibility index (Phi) is 6.06. The highest BCUT2D eigenvalue weighted by Gasteiger charge is 2.35. The van der Waals surface area contributed by atoms with Crippen LogP contribution in [0.5, 0.6) is 0 Å². The average molecular weight is 379 g/mol. The number of methoxy groups -OCH3 is 1. The molecular weight excluding hydrogens is 362 g/mol. The van der Waals surface area contributed by atoms with E-state index in [9.17, 15) is 28.9 Å². The first-order chi connectivity index (χ1) is 12.7. The van der Waals surface area contributed by atoms with E-state index in [1.54, 1.807) is 0 Å². The largest absolute Gasteiger partial charge is 0.807 e. The van der Waals surface area contributed by atoms with E-state index in [1.165, 1.54) is 13.2 Å². The zero-order chi connectivity index (χ0) is 20.2. The van der Waals surface area contributed by atoms with Crippen LogP contribution in [0, 0.1) is 11.6 Å². The molecule has 1 heterocycles. The summed E-state index contributed by atoms with van der Waals surface area (Å²) < 4.78 is 36.1. The van der Waals surface area contributed by atoms with Gasteiger partial charge in [-0.25, -0.2) is 13.6 Å². The second-order valence-electron chi connectivity index (χ2n) is 5.82. The number of aliphatic hydroxyl groups is 1. The van der Waals surface area contributed by atoms with E-state index < -0.39 is 47.3 Å². The Hall–Kier alpha value is -3.07. The standard InChI is InChI=1S/C18H17F2N2O5/c1-3-18(25,8-14(21)10-4-11(19)6-12(20)5-10)17(24)22-13-7-15(27-9-13)16(23)26-2/h3-7,13,25H,1,8-9H2,2H3,(H,22,24)/q-1/t13-,18-/m1/s1. The Balaban J connectivity index is 2.10. The Morgan fingerprint density at radius 1 is 1.44 bits per heavy atom. The van der Waals surface area contributed by atoms with Gasteiger partial charge in [0.05, 0.1) is 13.2 Å². The van der Waals surface area contributed by atoms with Gasteiger partial charge >= 0.3 is 5.97 Å². The molecule has 1 aliphatic rings. The van der Waals surface area contributed by atoms with Crippen LogP contribution < -0.4 is 5.32 Å². The van der Waals surface area contributed by atoms with Crippen molar-refractivity contribution in [1.29, 1.82) is 0 Å².